The van der Waals surface area contributed by atoms with E-state index in [-0.39, 0.29) is 24.8 Å². The molecular formula is C20H25N3O5. The van der Waals surface area contributed by atoms with Crippen LogP contribution >= 0.6 is 0 Å². The van der Waals surface area contributed by atoms with Gasteiger partial charge in [-0.15, -0.1) is 0 Å². The van der Waals surface area contributed by atoms with Gasteiger partial charge in [0.05, 0.1) is 13.2 Å². The number of anilines is 1. The van der Waals surface area contributed by atoms with E-state index in [1.807, 2.05) is 0 Å². The number of benzene rings is 1. The van der Waals surface area contributed by atoms with Crippen LogP contribution in [0.4, 0.5) is 10.5 Å². The molecular weight excluding hydrogens is 362 g/mol. The van der Waals surface area contributed by atoms with Gasteiger partial charge >= 0.3 is 6.03 Å². The van der Waals surface area contributed by atoms with Gasteiger partial charge in [0.15, 0.2) is 5.78 Å². The molecule has 0 saturated carbocycles. The first-order valence-electron chi connectivity index (χ1n) is 9.60. The maximum absolute atomic E-state index is 12.6. The molecule has 150 valence electrons. The Balaban J connectivity index is 1.57. The predicted octanol–water partition coefficient (Wildman–Crippen LogP) is 2.10. The molecule has 2 aliphatic rings. The maximum Gasteiger partial charge on any atom is 0.325 e. The normalized spacial score (nSPS) is 21.2. The summed E-state index contributed by atoms with van der Waals surface area (Å²) in [5.41, 5.74) is -0.0492. The van der Waals surface area contributed by atoms with Crippen LogP contribution in [-0.4, -0.2) is 53.8 Å². The number of nitrogens with one attached hydrogen (secondary N) is 2. The Labute approximate surface area is 163 Å². The summed E-state index contributed by atoms with van der Waals surface area (Å²) in [7, 11) is 0. The fraction of sp³-hybridized carbons (Fsp3) is 0.500. The zero-order chi connectivity index (χ0) is 20.1. The number of nitrogens with zero attached hydrogens (tertiary/aromatic N) is 1. The standard InChI is InChI=1S/C20H25N3O5/c1-2-3-4-5-17(25)21-15-8-6-14(7-9-15)16(24)12-23-18(26)20(22-19(23)27)10-11-28-13-20/h6-9H,2-5,10-13H2,1H3,(H,21,25)(H,22,27)/t20-/m0/s1. The first kappa shape index (κ1) is 20.0. The highest BCUT2D eigenvalue weighted by Crippen LogP contribution is 2.27. The van der Waals surface area contributed by atoms with Gasteiger partial charge < -0.3 is 15.4 Å². The number of unbranched alkanes of at least 4 members (excludes halogenated alkanes) is 2. The first-order valence-corrected chi connectivity index (χ1v) is 9.60. The largest absolute Gasteiger partial charge is 0.378 e. The number of carbonyl (C=O) groups excluding carboxylic acids is 4. The third-order valence-corrected chi connectivity index (χ3v) is 5.07. The summed E-state index contributed by atoms with van der Waals surface area (Å²) in [4.78, 5) is 50.0. The van der Waals surface area contributed by atoms with Crippen LogP contribution in [0.15, 0.2) is 24.3 Å². The molecule has 2 fully saturated rings. The highest BCUT2D eigenvalue weighted by molar-refractivity contribution is 6.11. The van der Waals surface area contributed by atoms with E-state index >= 15 is 0 Å². The second kappa shape index (κ2) is 8.52. The number of rotatable bonds is 8. The molecule has 8 heteroatoms. The molecule has 4 amide bonds. The number of urea groups is 1. The van der Waals surface area contributed by atoms with E-state index in [0.717, 1.165) is 24.2 Å². The van der Waals surface area contributed by atoms with Crippen LogP contribution in [0.5, 0.6) is 0 Å². The lowest BCUT2D eigenvalue weighted by Gasteiger charge is -2.18. The van der Waals surface area contributed by atoms with Crippen LogP contribution in [0.25, 0.3) is 0 Å². The van der Waals surface area contributed by atoms with Crippen molar-refractivity contribution in [3.8, 4) is 0 Å². The second-order valence-corrected chi connectivity index (χ2v) is 7.21. The Kier molecular flexibility index (Phi) is 6.08. The Morgan fingerprint density at radius 1 is 1.21 bits per heavy atom. The molecule has 0 unspecified atom stereocenters. The average molecular weight is 387 g/mol. The monoisotopic (exact) mass is 387 g/mol. The van der Waals surface area contributed by atoms with Gasteiger partial charge in [-0.05, 0) is 30.7 Å². The molecule has 0 aliphatic carbocycles. The van der Waals surface area contributed by atoms with Crippen LogP contribution in [-0.2, 0) is 14.3 Å². The number of ether oxygens (including phenoxy) is 1. The fourth-order valence-electron chi connectivity index (χ4n) is 3.39. The van der Waals surface area contributed by atoms with Crippen LogP contribution < -0.4 is 10.6 Å². The van der Waals surface area contributed by atoms with Gasteiger partial charge in [0.2, 0.25) is 5.91 Å². The van der Waals surface area contributed by atoms with Crippen molar-refractivity contribution in [3.63, 3.8) is 0 Å². The van der Waals surface area contributed by atoms with Crippen LogP contribution in [0.2, 0.25) is 0 Å². The van der Waals surface area contributed by atoms with E-state index in [1.54, 1.807) is 24.3 Å². The molecule has 0 radical (unpaired) electrons. The molecule has 0 aromatic heterocycles. The van der Waals surface area contributed by atoms with Crippen molar-refractivity contribution < 1.29 is 23.9 Å². The van der Waals surface area contributed by atoms with Crippen LogP contribution in [0, 0.1) is 0 Å². The van der Waals surface area contributed by atoms with Gasteiger partial charge in [0, 0.05) is 30.7 Å². The molecule has 2 saturated heterocycles. The van der Waals surface area contributed by atoms with Gasteiger partial charge in [-0.1, -0.05) is 19.8 Å². The predicted molar refractivity (Wildman–Crippen MR) is 102 cm³/mol. The third kappa shape index (κ3) is 4.22. The first-order chi connectivity index (χ1) is 13.4. The molecule has 2 aliphatic heterocycles. The van der Waals surface area contributed by atoms with Crippen molar-refractivity contribution in [2.75, 3.05) is 25.1 Å². The highest BCUT2D eigenvalue weighted by Gasteiger charge is 2.53. The number of hydrogen-bond donors (Lipinski definition) is 2. The van der Waals surface area contributed by atoms with Crippen molar-refractivity contribution in [2.24, 2.45) is 0 Å². The molecule has 1 atom stereocenters. The minimum atomic E-state index is -1.02. The molecule has 28 heavy (non-hydrogen) atoms. The van der Waals surface area contributed by atoms with Gasteiger partial charge in [-0.3, -0.25) is 19.3 Å². The van der Waals surface area contributed by atoms with Gasteiger partial charge in [0.1, 0.15) is 5.54 Å². The van der Waals surface area contributed by atoms with E-state index in [2.05, 4.69) is 17.6 Å². The number of imide groups is 1. The molecule has 0 bridgehead atoms. The lowest BCUT2D eigenvalue weighted by molar-refractivity contribution is -0.131. The fourth-order valence-corrected chi connectivity index (χ4v) is 3.39. The number of ketones is 1. The van der Waals surface area contributed by atoms with E-state index in [9.17, 15) is 19.2 Å². The molecule has 2 heterocycles. The average Bonchev–Trinajstić information content (AvgIpc) is 3.23. The number of Topliss-reactive ketones (excluding diaryl/α,β-unsaturated/α-hetero) is 1. The maximum atomic E-state index is 12.6. The molecule has 1 aromatic carbocycles. The van der Waals surface area contributed by atoms with Crippen LogP contribution in [0.1, 0.15) is 49.4 Å². The molecule has 8 nitrogen and oxygen atoms in total. The number of amides is 4. The Morgan fingerprint density at radius 2 is 1.96 bits per heavy atom. The lowest BCUT2D eigenvalue weighted by atomic mass is 9.99. The molecule has 1 spiro atoms. The van der Waals surface area contributed by atoms with Gasteiger partial charge in [-0.2, -0.15) is 0 Å². The highest BCUT2D eigenvalue weighted by atomic mass is 16.5. The zero-order valence-electron chi connectivity index (χ0n) is 16.0. The number of hydrogen-bond acceptors (Lipinski definition) is 5. The lowest BCUT2D eigenvalue weighted by Crippen LogP contribution is -2.47. The summed E-state index contributed by atoms with van der Waals surface area (Å²) in [6.45, 7) is 2.29. The minimum Gasteiger partial charge on any atom is -0.378 e. The van der Waals surface area contributed by atoms with E-state index in [0.29, 0.717) is 30.7 Å². The third-order valence-electron chi connectivity index (χ3n) is 5.07. The summed E-state index contributed by atoms with van der Waals surface area (Å²) in [5.74, 6) is -0.824. The van der Waals surface area contributed by atoms with Crippen LogP contribution in [0.3, 0.4) is 0 Å². The summed E-state index contributed by atoms with van der Waals surface area (Å²) in [5, 5.41) is 5.44. The minimum absolute atomic E-state index is 0.0593. The molecule has 3 rings (SSSR count). The second-order valence-electron chi connectivity index (χ2n) is 7.21. The molecule has 2 N–H and O–H groups in total. The van der Waals surface area contributed by atoms with E-state index in [1.165, 1.54) is 0 Å². The summed E-state index contributed by atoms with van der Waals surface area (Å²) >= 11 is 0. The van der Waals surface area contributed by atoms with Crippen molar-refractivity contribution in [3.05, 3.63) is 29.8 Å². The SMILES string of the molecule is CCCCCC(=O)Nc1ccc(C(=O)CN2C(=O)N[C@]3(CCOC3)C2=O)cc1. The quantitative estimate of drug-likeness (QED) is 0.404. The zero-order valence-corrected chi connectivity index (χ0v) is 16.0. The Bertz CT molecular complexity index is 769. The van der Waals surface area contributed by atoms with Gasteiger partial charge in [0.25, 0.3) is 5.91 Å². The molecule has 1 aromatic rings. The van der Waals surface area contributed by atoms with E-state index in [4.69, 9.17) is 4.74 Å². The van der Waals surface area contributed by atoms with Crippen molar-refractivity contribution in [1.29, 1.82) is 0 Å². The van der Waals surface area contributed by atoms with Gasteiger partial charge in [-0.25, -0.2) is 4.79 Å². The number of carbonyl (C=O) groups is 4. The van der Waals surface area contributed by atoms with E-state index < -0.39 is 17.5 Å². The summed E-state index contributed by atoms with van der Waals surface area (Å²) in [6, 6.07) is 5.87. The topological polar surface area (TPSA) is 105 Å². The van der Waals surface area contributed by atoms with Crippen molar-refractivity contribution >= 4 is 29.3 Å². The van der Waals surface area contributed by atoms with Crippen molar-refractivity contribution in [1.82, 2.24) is 10.2 Å². The summed E-state index contributed by atoms with van der Waals surface area (Å²) < 4.78 is 5.23. The smallest absolute Gasteiger partial charge is 0.325 e. The Hall–Kier alpha value is -2.74. The van der Waals surface area contributed by atoms with Crippen molar-refractivity contribution in [2.45, 2.75) is 44.6 Å². The Morgan fingerprint density at radius 3 is 2.61 bits per heavy atom. The summed E-state index contributed by atoms with van der Waals surface area (Å²) in [6.07, 6.45) is 3.78.